The summed E-state index contributed by atoms with van der Waals surface area (Å²) >= 11 is 11.4. The number of aliphatic hydroxyl groups is 1. The molecule has 0 radical (unpaired) electrons. The third kappa shape index (κ3) is 3.36. The summed E-state index contributed by atoms with van der Waals surface area (Å²) in [5.74, 6) is -1.24. The number of amides is 1. The molecule has 2 rings (SSSR count). The van der Waals surface area contributed by atoms with Crippen LogP contribution in [0.3, 0.4) is 0 Å². The molecule has 4 nitrogen and oxygen atoms in total. The molecule has 19 heavy (non-hydrogen) atoms. The molecule has 1 heterocycles. The van der Waals surface area contributed by atoms with Crippen molar-refractivity contribution in [1.82, 2.24) is 10.6 Å². The molecule has 0 spiro atoms. The minimum Gasteiger partial charge on any atom is -0.391 e. The maximum atomic E-state index is 13.3. The number of β-amino-alcohol motifs (C(OH)–C–C–N with tert-alkyl or cyclic N) is 1. The van der Waals surface area contributed by atoms with Crippen LogP contribution >= 0.6 is 23.2 Å². The van der Waals surface area contributed by atoms with Gasteiger partial charge in [0.1, 0.15) is 5.82 Å². The Morgan fingerprint density at radius 1 is 1.42 bits per heavy atom. The normalized spacial score (nSPS) is 22.5. The van der Waals surface area contributed by atoms with E-state index in [4.69, 9.17) is 23.2 Å². The average Bonchev–Trinajstić information content (AvgIpc) is 2.76. The van der Waals surface area contributed by atoms with Crippen molar-refractivity contribution >= 4 is 29.1 Å². The van der Waals surface area contributed by atoms with Crippen molar-refractivity contribution in [3.8, 4) is 0 Å². The molecule has 1 fully saturated rings. The molecular weight excluding hydrogens is 294 g/mol. The van der Waals surface area contributed by atoms with E-state index < -0.39 is 17.8 Å². The Bertz CT molecular complexity index is 499. The smallest absolute Gasteiger partial charge is 0.252 e. The van der Waals surface area contributed by atoms with Gasteiger partial charge in [-0.2, -0.15) is 0 Å². The van der Waals surface area contributed by atoms with E-state index in [0.29, 0.717) is 19.6 Å². The molecule has 2 unspecified atom stereocenters. The zero-order valence-corrected chi connectivity index (χ0v) is 11.4. The van der Waals surface area contributed by atoms with Crippen LogP contribution in [0.4, 0.5) is 4.39 Å². The van der Waals surface area contributed by atoms with Gasteiger partial charge in [0.05, 0.1) is 21.7 Å². The molecule has 0 bridgehead atoms. The first-order valence-electron chi connectivity index (χ1n) is 5.80. The van der Waals surface area contributed by atoms with Gasteiger partial charge in [0, 0.05) is 25.6 Å². The first-order chi connectivity index (χ1) is 8.99. The monoisotopic (exact) mass is 306 g/mol. The van der Waals surface area contributed by atoms with Gasteiger partial charge in [-0.1, -0.05) is 23.2 Å². The van der Waals surface area contributed by atoms with Gasteiger partial charge in [0.25, 0.3) is 5.91 Å². The average molecular weight is 307 g/mol. The standard InChI is InChI=1S/C12H13Cl2FN2O2/c13-8-2-9(14)10(15)1-7(8)12(19)17-4-6-3-16-5-11(6)18/h1-2,6,11,16,18H,3-5H2,(H,17,19). The number of hydrogen-bond acceptors (Lipinski definition) is 3. The zero-order chi connectivity index (χ0) is 14.0. The summed E-state index contributed by atoms with van der Waals surface area (Å²) in [6.07, 6.45) is -0.488. The highest BCUT2D eigenvalue weighted by Crippen LogP contribution is 2.24. The number of benzene rings is 1. The van der Waals surface area contributed by atoms with Gasteiger partial charge in [-0.3, -0.25) is 4.79 Å². The molecule has 0 saturated carbocycles. The number of carbonyl (C=O) groups excluding carboxylic acids is 1. The zero-order valence-electron chi connectivity index (χ0n) is 9.92. The Morgan fingerprint density at radius 3 is 2.79 bits per heavy atom. The molecule has 7 heteroatoms. The molecule has 104 valence electrons. The third-order valence-electron chi connectivity index (χ3n) is 3.08. The van der Waals surface area contributed by atoms with E-state index in [1.165, 1.54) is 6.07 Å². The predicted molar refractivity (Wildman–Crippen MR) is 71.1 cm³/mol. The fourth-order valence-electron chi connectivity index (χ4n) is 1.94. The van der Waals surface area contributed by atoms with E-state index in [9.17, 15) is 14.3 Å². The van der Waals surface area contributed by atoms with Gasteiger partial charge in [-0.15, -0.1) is 0 Å². The number of rotatable bonds is 3. The second kappa shape index (κ2) is 6.05. The predicted octanol–water partition coefficient (Wildman–Crippen LogP) is 1.44. The second-order valence-electron chi connectivity index (χ2n) is 4.44. The highest BCUT2D eigenvalue weighted by Gasteiger charge is 2.25. The van der Waals surface area contributed by atoms with Gasteiger partial charge in [-0.05, 0) is 12.1 Å². The van der Waals surface area contributed by atoms with Gasteiger partial charge < -0.3 is 15.7 Å². The van der Waals surface area contributed by atoms with Crippen LogP contribution in [0, 0.1) is 11.7 Å². The third-order valence-corrected chi connectivity index (χ3v) is 3.69. The summed E-state index contributed by atoms with van der Waals surface area (Å²) in [6, 6.07) is 2.20. The van der Waals surface area contributed by atoms with Crippen molar-refractivity contribution in [3.05, 3.63) is 33.6 Å². The molecule has 1 aliphatic heterocycles. The van der Waals surface area contributed by atoms with Crippen LogP contribution in [0.5, 0.6) is 0 Å². The Labute approximate surface area is 119 Å². The number of halogens is 3. The molecule has 0 aliphatic carbocycles. The summed E-state index contributed by atoms with van der Waals surface area (Å²) in [5, 5.41) is 15.2. The summed E-state index contributed by atoms with van der Waals surface area (Å²) < 4.78 is 13.3. The van der Waals surface area contributed by atoms with E-state index in [2.05, 4.69) is 10.6 Å². The minimum absolute atomic E-state index is 0.0315. The van der Waals surface area contributed by atoms with Crippen LogP contribution < -0.4 is 10.6 Å². The molecule has 1 saturated heterocycles. The summed E-state index contributed by atoms with van der Waals surface area (Å²) in [5.41, 5.74) is 0.0315. The van der Waals surface area contributed by atoms with Gasteiger partial charge in [0.2, 0.25) is 0 Å². The lowest BCUT2D eigenvalue weighted by Gasteiger charge is -2.14. The molecule has 1 amide bonds. The minimum atomic E-state index is -0.696. The second-order valence-corrected chi connectivity index (χ2v) is 5.26. The Balaban J connectivity index is 2.02. The van der Waals surface area contributed by atoms with Crippen molar-refractivity contribution in [3.63, 3.8) is 0 Å². The molecule has 3 N–H and O–H groups in total. The fraction of sp³-hybridized carbons (Fsp3) is 0.417. The first kappa shape index (κ1) is 14.5. The quantitative estimate of drug-likeness (QED) is 0.741. The highest BCUT2D eigenvalue weighted by molar-refractivity contribution is 6.36. The summed E-state index contributed by atoms with van der Waals surface area (Å²) in [7, 11) is 0. The van der Waals surface area contributed by atoms with Crippen molar-refractivity contribution in [2.24, 2.45) is 5.92 Å². The first-order valence-corrected chi connectivity index (χ1v) is 6.56. The van der Waals surface area contributed by atoms with Crippen LogP contribution in [0.25, 0.3) is 0 Å². The van der Waals surface area contributed by atoms with E-state index in [-0.39, 0.29) is 21.5 Å². The van der Waals surface area contributed by atoms with E-state index in [0.717, 1.165) is 6.07 Å². The van der Waals surface area contributed by atoms with Crippen LogP contribution in [0.2, 0.25) is 10.0 Å². The van der Waals surface area contributed by atoms with Crippen LogP contribution in [0.15, 0.2) is 12.1 Å². The van der Waals surface area contributed by atoms with Crippen LogP contribution in [0.1, 0.15) is 10.4 Å². The van der Waals surface area contributed by atoms with Crippen molar-refractivity contribution < 1.29 is 14.3 Å². The van der Waals surface area contributed by atoms with E-state index in [1.807, 2.05) is 0 Å². The number of hydrogen-bond donors (Lipinski definition) is 3. The Morgan fingerprint density at radius 2 is 2.16 bits per heavy atom. The molecule has 2 atom stereocenters. The van der Waals surface area contributed by atoms with E-state index >= 15 is 0 Å². The highest BCUT2D eigenvalue weighted by atomic mass is 35.5. The number of carbonyl (C=O) groups is 1. The SMILES string of the molecule is O=C(NCC1CNCC1O)c1cc(F)c(Cl)cc1Cl. The lowest BCUT2D eigenvalue weighted by atomic mass is 10.1. The lowest BCUT2D eigenvalue weighted by molar-refractivity contribution is 0.0927. The molecular formula is C12H13Cl2FN2O2. The van der Waals surface area contributed by atoms with Gasteiger partial charge in [0.15, 0.2) is 0 Å². The van der Waals surface area contributed by atoms with Crippen molar-refractivity contribution in [2.45, 2.75) is 6.10 Å². The van der Waals surface area contributed by atoms with Crippen molar-refractivity contribution in [2.75, 3.05) is 19.6 Å². The van der Waals surface area contributed by atoms with Crippen LogP contribution in [-0.2, 0) is 0 Å². The fourth-order valence-corrected chi connectivity index (χ4v) is 2.41. The summed E-state index contributed by atoms with van der Waals surface area (Å²) in [6.45, 7) is 1.44. The molecule has 1 aromatic carbocycles. The molecule has 1 aliphatic rings. The largest absolute Gasteiger partial charge is 0.391 e. The Hall–Kier alpha value is -0.880. The maximum absolute atomic E-state index is 13.3. The number of nitrogens with one attached hydrogen (secondary N) is 2. The van der Waals surface area contributed by atoms with Gasteiger partial charge in [-0.25, -0.2) is 4.39 Å². The molecule has 0 aromatic heterocycles. The lowest BCUT2D eigenvalue weighted by Crippen LogP contribution is -2.34. The van der Waals surface area contributed by atoms with Gasteiger partial charge >= 0.3 is 0 Å². The maximum Gasteiger partial charge on any atom is 0.252 e. The molecule has 1 aromatic rings. The summed E-state index contributed by atoms with van der Waals surface area (Å²) in [4.78, 5) is 11.9. The topological polar surface area (TPSA) is 61.4 Å². The van der Waals surface area contributed by atoms with Crippen LogP contribution in [-0.4, -0.2) is 36.8 Å². The van der Waals surface area contributed by atoms with E-state index in [1.54, 1.807) is 0 Å². The Kier molecular flexibility index (Phi) is 4.62. The number of aliphatic hydroxyl groups excluding tert-OH is 1. The van der Waals surface area contributed by atoms with Crippen molar-refractivity contribution in [1.29, 1.82) is 0 Å².